The van der Waals surface area contributed by atoms with Gasteiger partial charge in [-0.15, -0.1) is 0 Å². The Kier molecular flexibility index (Phi) is 4.56. The second kappa shape index (κ2) is 6.18. The summed E-state index contributed by atoms with van der Waals surface area (Å²) in [5, 5.41) is 0. The fourth-order valence-electron chi connectivity index (χ4n) is 2.23. The number of anilines is 2. The Morgan fingerprint density at radius 2 is 2.11 bits per heavy atom. The summed E-state index contributed by atoms with van der Waals surface area (Å²) in [7, 11) is 0. The average molecular weight is 262 g/mol. The number of hydrogen-bond donors (Lipinski definition) is 1. The molecule has 1 saturated carbocycles. The molecule has 1 aromatic rings. The molecule has 0 radical (unpaired) electrons. The number of rotatable bonds is 7. The van der Waals surface area contributed by atoms with Gasteiger partial charge in [0.15, 0.2) is 0 Å². The van der Waals surface area contributed by atoms with Crippen LogP contribution in [0.1, 0.15) is 40.0 Å². The summed E-state index contributed by atoms with van der Waals surface area (Å²) < 4.78 is 5.73. The second-order valence-corrected chi connectivity index (χ2v) is 5.76. The van der Waals surface area contributed by atoms with Crippen LogP contribution in [0.4, 0.5) is 11.4 Å². The molecule has 1 aliphatic rings. The van der Waals surface area contributed by atoms with Gasteiger partial charge in [0.25, 0.3) is 0 Å². The number of ether oxygens (including phenoxy) is 1. The highest BCUT2D eigenvalue weighted by atomic mass is 16.5. The van der Waals surface area contributed by atoms with Gasteiger partial charge in [-0.1, -0.05) is 6.92 Å². The largest absolute Gasteiger partial charge is 0.491 e. The van der Waals surface area contributed by atoms with Gasteiger partial charge in [-0.05, 0) is 51.2 Å². The van der Waals surface area contributed by atoms with E-state index in [0.29, 0.717) is 6.04 Å². The molecule has 2 N–H and O–H groups in total. The standard InChI is InChI=1S/C16H26N2O/c1-4-9-19-16-10-14(7-8-15(16)17)18(12(2)3)11-13-5-6-13/h7-8,10,12-13H,4-6,9,11,17H2,1-3H3. The molecule has 0 saturated heterocycles. The van der Waals surface area contributed by atoms with Crippen LogP contribution < -0.4 is 15.4 Å². The van der Waals surface area contributed by atoms with Crippen LogP contribution in [0.5, 0.6) is 5.75 Å². The van der Waals surface area contributed by atoms with Crippen LogP contribution in [-0.4, -0.2) is 19.2 Å². The third-order valence-corrected chi connectivity index (χ3v) is 3.57. The zero-order chi connectivity index (χ0) is 13.8. The van der Waals surface area contributed by atoms with Crippen LogP contribution in [0.3, 0.4) is 0 Å². The van der Waals surface area contributed by atoms with Crippen LogP contribution in [0.2, 0.25) is 0 Å². The zero-order valence-electron chi connectivity index (χ0n) is 12.4. The predicted molar refractivity (Wildman–Crippen MR) is 81.8 cm³/mol. The molecule has 3 nitrogen and oxygen atoms in total. The van der Waals surface area contributed by atoms with Crippen molar-refractivity contribution in [3.05, 3.63) is 18.2 Å². The van der Waals surface area contributed by atoms with Crippen molar-refractivity contribution >= 4 is 11.4 Å². The first-order valence-electron chi connectivity index (χ1n) is 7.40. The maximum Gasteiger partial charge on any atom is 0.144 e. The van der Waals surface area contributed by atoms with E-state index in [1.165, 1.54) is 18.5 Å². The lowest BCUT2D eigenvalue weighted by Gasteiger charge is -2.29. The molecule has 0 unspecified atom stereocenters. The first kappa shape index (κ1) is 14.0. The first-order chi connectivity index (χ1) is 9.11. The predicted octanol–water partition coefficient (Wildman–Crippen LogP) is 3.68. The van der Waals surface area contributed by atoms with Crippen LogP contribution in [0.15, 0.2) is 18.2 Å². The van der Waals surface area contributed by atoms with E-state index in [4.69, 9.17) is 10.5 Å². The summed E-state index contributed by atoms with van der Waals surface area (Å²) in [6, 6.07) is 6.66. The van der Waals surface area contributed by atoms with Crippen LogP contribution in [-0.2, 0) is 0 Å². The zero-order valence-corrected chi connectivity index (χ0v) is 12.4. The fourth-order valence-corrected chi connectivity index (χ4v) is 2.23. The highest BCUT2D eigenvalue weighted by Crippen LogP contribution is 2.34. The summed E-state index contributed by atoms with van der Waals surface area (Å²) >= 11 is 0. The van der Waals surface area contributed by atoms with E-state index >= 15 is 0 Å². The molecular formula is C16H26N2O. The SMILES string of the molecule is CCCOc1cc(N(CC2CC2)C(C)C)ccc1N. The molecule has 0 amide bonds. The van der Waals surface area contributed by atoms with E-state index in [1.54, 1.807) is 0 Å². The van der Waals surface area contributed by atoms with Crippen molar-refractivity contribution in [1.82, 2.24) is 0 Å². The molecule has 0 aromatic heterocycles. The molecule has 0 heterocycles. The smallest absolute Gasteiger partial charge is 0.144 e. The Bertz CT molecular complexity index is 413. The molecule has 1 aliphatic carbocycles. The van der Waals surface area contributed by atoms with Gasteiger partial charge in [-0.2, -0.15) is 0 Å². The lowest BCUT2D eigenvalue weighted by molar-refractivity contribution is 0.319. The number of nitrogens with zero attached hydrogens (tertiary/aromatic N) is 1. The quantitative estimate of drug-likeness (QED) is 0.762. The minimum Gasteiger partial charge on any atom is -0.491 e. The molecule has 19 heavy (non-hydrogen) atoms. The number of nitrogen functional groups attached to an aromatic ring is 1. The van der Waals surface area contributed by atoms with Crippen LogP contribution in [0.25, 0.3) is 0 Å². The molecule has 0 bridgehead atoms. The lowest BCUT2D eigenvalue weighted by Crippen LogP contribution is -2.32. The van der Waals surface area contributed by atoms with Gasteiger partial charge < -0.3 is 15.4 Å². The van der Waals surface area contributed by atoms with Crippen LogP contribution >= 0.6 is 0 Å². The Morgan fingerprint density at radius 1 is 1.37 bits per heavy atom. The number of benzene rings is 1. The van der Waals surface area contributed by atoms with E-state index in [0.717, 1.165) is 36.9 Å². The van der Waals surface area contributed by atoms with E-state index in [9.17, 15) is 0 Å². The Hall–Kier alpha value is -1.38. The third kappa shape index (κ3) is 3.79. The summed E-state index contributed by atoms with van der Waals surface area (Å²) in [5.74, 6) is 1.70. The second-order valence-electron chi connectivity index (χ2n) is 5.76. The maximum atomic E-state index is 5.98. The van der Waals surface area contributed by atoms with E-state index in [-0.39, 0.29) is 0 Å². The van der Waals surface area contributed by atoms with Gasteiger partial charge in [0.2, 0.25) is 0 Å². The highest BCUT2D eigenvalue weighted by Gasteiger charge is 2.26. The van der Waals surface area contributed by atoms with Gasteiger partial charge in [0, 0.05) is 24.3 Å². The number of nitrogens with two attached hydrogens (primary N) is 1. The molecule has 0 spiro atoms. The van der Waals surface area contributed by atoms with Gasteiger partial charge in [-0.3, -0.25) is 0 Å². The van der Waals surface area contributed by atoms with Crippen molar-refractivity contribution in [3.8, 4) is 5.75 Å². The normalized spacial score (nSPS) is 14.7. The molecule has 0 atom stereocenters. The van der Waals surface area contributed by atoms with Crippen molar-refractivity contribution in [2.24, 2.45) is 5.92 Å². The Morgan fingerprint density at radius 3 is 2.68 bits per heavy atom. The number of hydrogen-bond acceptors (Lipinski definition) is 3. The summed E-state index contributed by atoms with van der Waals surface area (Å²) in [5.41, 5.74) is 7.93. The Labute approximate surface area is 116 Å². The van der Waals surface area contributed by atoms with Crippen molar-refractivity contribution in [2.45, 2.75) is 46.1 Å². The lowest BCUT2D eigenvalue weighted by atomic mass is 10.2. The molecular weight excluding hydrogens is 236 g/mol. The van der Waals surface area contributed by atoms with Gasteiger partial charge in [0.1, 0.15) is 5.75 Å². The molecule has 2 rings (SSSR count). The van der Waals surface area contributed by atoms with Crippen molar-refractivity contribution in [3.63, 3.8) is 0 Å². The summed E-state index contributed by atoms with van der Waals surface area (Å²) in [4.78, 5) is 2.45. The maximum absolute atomic E-state index is 5.98. The monoisotopic (exact) mass is 262 g/mol. The first-order valence-corrected chi connectivity index (χ1v) is 7.40. The van der Waals surface area contributed by atoms with Gasteiger partial charge in [-0.25, -0.2) is 0 Å². The van der Waals surface area contributed by atoms with E-state index in [2.05, 4.69) is 37.8 Å². The summed E-state index contributed by atoms with van der Waals surface area (Å²) in [6.07, 6.45) is 3.74. The van der Waals surface area contributed by atoms with Gasteiger partial charge >= 0.3 is 0 Å². The van der Waals surface area contributed by atoms with Crippen molar-refractivity contribution in [1.29, 1.82) is 0 Å². The molecule has 1 aromatic carbocycles. The molecule has 1 fully saturated rings. The average Bonchev–Trinajstić information content (AvgIpc) is 3.19. The third-order valence-electron chi connectivity index (χ3n) is 3.57. The Balaban J connectivity index is 2.15. The minimum atomic E-state index is 0.503. The summed E-state index contributed by atoms with van der Waals surface area (Å²) in [6.45, 7) is 8.46. The highest BCUT2D eigenvalue weighted by molar-refractivity contribution is 5.62. The fraction of sp³-hybridized carbons (Fsp3) is 0.625. The molecule has 3 heteroatoms. The molecule has 106 valence electrons. The van der Waals surface area contributed by atoms with Gasteiger partial charge in [0.05, 0.1) is 12.3 Å². The van der Waals surface area contributed by atoms with Crippen molar-refractivity contribution < 1.29 is 4.74 Å². The van der Waals surface area contributed by atoms with Crippen molar-refractivity contribution in [2.75, 3.05) is 23.8 Å². The van der Waals surface area contributed by atoms with E-state index < -0.39 is 0 Å². The topological polar surface area (TPSA) is 38.5 Å². The molecule has 0 aliphatic heterocycles. The minimum absolute atomic E-state index is 0.503. The van der Waals surface area contributed by atoms with Crippen LogP contribution in [0, 0.1) is 5.92 Å². The van der Waals surface area contributed by atoms with E-state index in [1.807, 2.05) is 6.07 Å².